The first-order valence-corrected chi connectivity index (χ1v) is 4.52. The second kappa shape index (κ2) is 7.18. The van der Waals surface area contributed by atoms with Gasteiger partial charge in [-0.1, -0.05) is 13.2 Å². The Labute approximate surface area is 98.4 Å². The van der Waals surface area contributed by atoms with Gasteiger partial charge in [0.05, 0.1) is 0 Å². The summed E-state index contributed by atoms with van der Waals surface area (Å²) in [5.74, 6) is 0. The number of hydrogen-bond acceptors (Lipinski definition) is 4. The average Bonchev–Trinajstić information content (AvgIpc) is 2.63. The fourth-order valence-electron chi connectivity index (χ4n) is 0.375. The maximum atomic E-state index is 3.57. The Morgan fingerprint density at radius 1 is 1.00 bits per heavy atom. The fraction of sp³-hybridized carbons (Fsp3) is 0. The standard InChI is InChI=1S/2C3H3N2S.Zn/c2*1-3-2-4-5-6-3;/h2*2H,1H2;/q2*-1;+2. The molecule has 7 heteroatoms. The molecule has 0 aromatic heterocycles. The molecule has 0 saturated carbocycles. The van der Waals surface area contributed by atoms with Crippen LogP contribution >= 0.6 is 23.9 Å². The van der Waals surface area contributed by atoms with Crippen molar-refractivity contribution in [3.05, 3.63) is 32.6 Å². The predicted molar refractivity (Wildman–Crippen MR) is 57.2 cm³/mol. The molecule has 0 bridgehead atoms. The molecule has 0 aromatic rings. The van der Waals surface area contributed by atoms with Gasteiger partial charge in [0.1, 0.15) is 0 Å². The molecule has 0 radical (unpaired) electrons. The Morgan fingerprint density at radius 2 is 1.38 bits per heavy atom. The summed E-state index contributed by atoms with van der Waals surface area (Å²) in [6, 6.07) is 0. The molecular weight excluding hydrogens is 258 g/mol. The second-order valence-corrected chi connectivity index (χ2v) is 3.51. The van der Waals surface area contributed by atoms with Gasteiger partial charge in [0.2, 0.25) is 0 Å². The van der Waals surface area contributed by atoms with Crippen molar-refractivity contribution < 1.29 is 19.5 Å². The average molecular weight is 264 g/mol. The molecule has 2 heterocycles. The Morgan fingerprint density at radius 3 is 1.46 bits per heavy atom. The molecule has 0 N–H and O–H groups in total. The van der Waals surface area contributed by atoms with Crippen LogP contribution in [0, 0.1) is 0 Å². The third kappa shape index (κ3) is 5.90. The number of nitrogens with zero attached hydrogens (tertiary/aromatic N) is 4. The third-order valence-corrected chi connectivity index (χ3v) is 1.85. The van der Waals surface area contributed by atoms with Crippen LogP contribution in [0.1, 0.15) is 0 Å². The first-order valence-electron chi connectivity index (χ1n) is 2.97. The van der Waals surface area contributed by atoms with Crippen molar-refractivity contribution in [2.45, 2.75) is 0 Å². The van der Waals surface area contributed by atoms with Crippen LogP contribution in [-0.4, -0.2) is 12.4 Å². The Balaban J connectivity index is 0.000000206. The second-order valence-electron chi connectivity index (χ2n) is 1.77. The van der Waals surface area contributed by atoms with Crippen molar-refractivity contribution in [1.29, 1.82) is 0 Å². The Hall–Kier alpha value is -0.257. The zero-order valence-corrected chi connectivity index (χ0v) is 11.5. The summed E-state index contributed by atoms with van der Waals surface area (Å²) in [7, 11) is 0. The summed E-state index contributed by atoms with van der Waals surface area (Å²) in [5.41, 5.74) is 0. The van der Waals surface area contributed by atoms with E-state index in [9.17, 15) is 0 Å². The number of hydrogen-bond donors (Lipinski definition) is 0. The van der Waals surface area contributed by atoms with Gasteiger partial charge in [-0.2, -0.15) is 0 Å². The quantitative estimate of drug-likeness (QED) is 0.498. The normalized spacial score (nSPS) is 16.9. The van der Waals surface area contributed by atoms with Crippen molar-refractivity contribution >= 4 is 36.3 Å². The topological polar surface area (TPSA) is 52.9 Å². The summed E-state index contributed by atoms with van der Waals surface area (Å²) >= 11 is 2.61. The van der Waals surface area contributed by atoms with Crippen LogP contribution in [0.25, 0.3) is 9.66 Å². The molecule has 0 atom stereocenters. The summed E-state index contributed by atoms with van der Waals surface area (Å²) in [6.45, 7) is 7.15. The van der Waals surface area contributed by atoms with E-state index in [1.807, 2.05) is 0 Å². The molecule has 2 aliphatic heterocycles. The number of allylic oxidation sites excluding steroid dienone is 2. The molecule has 0 aliphatic carbocycles. The van der Waals surface area contributed by atoms with Gasteiger partial charge in [-0.15, -0.1) is 0 Å². The van der Waals surface area contributed by atoms with E-state index in [0.717, 1.165) is 9.81 Å². The molecule has 0 spiro atoms. The minimum Gasteiger partial charge on any atom is -0.545 e. The first-order chi connectivity index (χ1) is 5.79. The first kappa shape index (κ1) is 12.7. The maximum absolute atomic E-state index is 3.57. The summed E-state index contributed by atoms with van der Waals surface area (Å²) in [5, 5.41) is 7.06. The maximum Gasteiger partial charge on any atom is 2.00 e. The van der Waals surface area contributed by atoms with Gasteiger partial charge in [0.15, 0.2) is 0 Å². The van der Waals surface area contributed by atoms with E-state index >= 15 is 0 Å². The van der Waals surface area contributed by atoms with E-state index in [0.29, 0.717) is 0 Å². The van der Waals surface area contributed by atoms with Crippen LogP contribution in [0.2, 0.25) is 0 Å². The van der Waals surface area contributed by atoms with E-state index in [1.165, 1.54) is 23.9 Å². The molecule has 0 saturated heterocycles. The largest absolute Gasteiger partial charge is 2.00 e. The van der Waals surface area contributed by atoms with Gasteiger partial charge in [-0.3, -0.25) is 0 Å². The van der Waals surface area contributed by atoms with Crippen LogP contribution in [0.15, 0.2) is 33.2 Å². The van der Waals surface area contributed by atoms with Gasteiger partial charge in [0.25, 0.3) is 0 Å². The molecule has 2 rings (SSSR count). The van der Waals surface area contributed by atoms with Gasteiger partial charge in [-0.05, 0) is 0 Å². The van der Waals surface area contributed by atoms with Crippen LogP contribution in [0.4, 0.5) is 0 Å². The van der Waals surface area contributed by atoms with Crippen LogP contribution in [-0.2, 0) is 19.5 Å². The van der Waals surface area contributed by atoms with E-state index in [1.54, 1.807) is 12.4 Å². The molecule has 0 fully saturated rings. The van der Waals surface area contributed by atoms with Crippen molar-refractivity contribution in [2.75, 3.05) is 0 Å². The summed E-state index contributed by atoms with van der Waals surface area (Å²) in [4.78, 5) is 8.93. The van der Waals surface area contributed by atoms with Crippen molar-refractivity contribution in [1.82, 2.24) is 0 Å². The molecule has 4 nitrogen and oxygen atoms in total. The van der Waals surface area contributed by atoms with E-state index < -0.39 is 0 Å². The zero-order valence-electron chi connectivity index (χ0n) is 6.88. The predicted octanol–water partition coefficient (Wildman–Crippen LogP) is 3.04. The summed E-state index contributed by atoms with van der Waals surface area (Å²) < 4.78 is 0. The van der Waals surface area contributed by atoms with Crippen LogP contribution in [0.3, 0.4) is 0 Å². The zero-order chi connectivity index (χ0) is 8.81. The van der Waals surface area contributed by atoms with E-state index in [2.05, 4.69) is 33.0 Å². The Kier molecular flexibility index (Phi) is 7.03. The van der Waals surface area contributed by atoms with Gasteiger partial charge >= 0.3 is 19.5 Å². The van der Waals surface area contributed by atoms with Crippen molar-refractivity contribution in [3.63, 3.8) is 0 Å². The summed E-state index contributed by atoms with van der Waals surface area (Å²) in [6.07, 6.45) is 3.26. The smallest absolute Gasteiger partial charge is 0.545 e. The minimum atomic E-state index is 0. The van der Waals surface area contributed by atoms with Crippen molar-refractivity contribution in [2.24, 2.45) is 10.2 Å². The SMILES string of the molecule is C=C1C=N[N-]S1.C=C1C=N[N-]S1.[Zn+2]. The molecule has 2 aliphatic rings. The molecular formula is C6H6N4S2Zn. The van der Waals surface area contributed by atoms with Crippen LogP contribution in [0.5, 0.6) is 0 Å². The Bertz CT molecular complexity index is 225. The fourth-order valence-corrected chi connectivity index (χ4v) is 0.962. The molecule has 0 amide bonds. The van der Waals surface area contributed by atoms with Crippen molar-refractivity contribution in [3.8, 4) is 0 Å². The molecule has 64 valence electrons. The minimum absolute atomic E-state index is 0. The van der Waals surface area contributed by atoms with E-state index in [-0.39, 0.29) is 19.5 Å². The molecule has 13 heavy (non-hydrogen) atoms. The third-order valence-electron chi connectivity index (χ3n) is 0.814. The van der Waals surface area contributed by atoms with Crippen LogP contribution < -0.4 is 0 Å². The molecule has 0 unspecified atom stereocenters. The van der Waals surface area contributed by atoms with Gasteiger partial charge in [-0.25, -0.2) is 23.9 Å². The van der Waals surface area contributed by atoms with Gasteiger partial charge in [0, 0.05) is 22.2 Å². The van der Waals surface area contributed by atoms with E-state index in [4.69, 9.17) is 0 Å². The molecule has 0 aromatic carbocycles. The number of rotatable bonds is 0. The monoisotopic (exact) mass is 262 g/mol. The van der Waals surface area contributed by atoms with Gasteiger partial charge < -0.3 is 19.9 Å².